The molecule has 0 aliphatic heterocycles. The fourth-order valence-corrected chi connectivity index (χ4v) is 1.73. The van der Waals surface area contributed by atoms with E-state index in [2.05, 4.69) is 15.9 Å². The number of benzene rings is 1. The summed E-state index contributed by atoms with van der Waals surface area (Å²) in [6.45, 7) is 3.53. The molecule has 114 valence electrons. The van der Waals surface area contributed by atoms with Crippen LogP contribution >= 0.6 is 15.9 Å². The Labute approximate surface area is 129 Å². The van der Waals surface area contributed by atoms with Crippen LogP contribution in [-0.2, 0) is 19.1 Å². The minimum Gasteiger partial charge on any atom is -0.463 e. The Morgan fingerprint density at radius 1 is 1.24 bits per heavy atom. The van der Waals surface area contributed by atoms with Crippen molar-refractivity contribution in [2.24, 2.45) is 0 Å². The SMILES string of the molecule is CCOC(=O)C=C(Oc1ccc(F)cc1Br)C(=O)OCC. The highest BCUT2D eigenvalue weighted by atomic mass is 79.9. The number of carbonyl (C=O) groups excluding carboxylic acids is 2. The van der Waals surface area contributed by atoms with E-state index in [1.54, 1.807) is 13.8 Å². The summed E-state index contributed by atoms with van der Waals surface area (Å²) in [6.07, 6.45) is 0.886. The highest BCUT2D eigenvalue weighted by Gasteiger charge is 2.17. The maximum Gasteiger partial charge on any atom is 0.374 e. The number of hydrogen-bond acceptors (Lipinski definition) is 5. The van der Waals surface area contributed by atoms with Gasteiger partial charge in [0.2, 0.25) is 5.76 Å². The number of halogens is 2. The molecule has 1 aromatic rings. The maximum absolute atomic E-state index is 13.0. The Balaban J connectivity index is 3.01. The standard InChI is InChI=1S/C14H14BrFO5/c1-3-19-13(17)8-12(14(18)20-4-2)21-11-6-5-9(16)7-10(11)15/h5-8H,3-4H2,1-2H3. The Morgan fingerprint density at radius 2 is 1.90 bits per heavy atom. The van der Waals surface area contributed by atoms with Crippen LogP contribution in [0.4, 0.5) is 4.39 Å². The third kappa shape index (κ3) is 5.55. The smallest absolute Gasteiger partial charge is 0.374 e. The molecule has 5 nitrogen and oxygen atoms in total. The zero-order chi connectivity index (χ0) is 15.8. The van der Waals surface area contributed by atoms with Gasteiger partial charge in [-0.25, -0.2) is 14.0 Å². The van der Waals surface area contributed by atoms with E-state index in [0.717, 1.165) is 12.1 Å². The highest BCUT2D eigenvalue weighted by molar-refractivity contribution is 9.10. The molecule has 0 aromatic heterocycles. The van der Waals surface area contributed by atoms with Crippen LogP contribution in [0.25, 0.3) is 0 Å². The summed E-state index contributed by atoms with van der Waals surface area (Å²) >= 11 is 3.10. The molecule has 1 rings (SSSR count). The molecule has 0 unspecified atom stereocenters. The van der Waals surface area contributed by atoms with Gasteiger partial charge < -0.3 is 14.2 Å². The number of rotatable bonds is 6. The third-order valence-corrected chi connectivity index (χ3v) is 2.75. The molecule has 0 aliphatic rings. The lowest BCUT2D eigenvalue weighted by molar-refractivity contribution is -0.143. The Hall–Kier alpha value is -1.89. The van der Waals surface area contributed by atoms with Crippen molar-refractivity contribution in [2.75, 3.05) is 13.2 Å². The number of esters is 2. The van der Waals surface area contributed by atoms with Gasteiger partial charge in [0.15, 0.2) is 0 Å². The van der Waals surface area contributed by atoms with Gasteiger partial charge in [-0.1, -0.05) is 0 Å². The summed E-state index contributed by atoms with van der Waals surface area (Å²) in [4.78, 5) is 23.2. The number of carbonyl (C=O) groups is 2. The Kier molecular flexibility index (Phi) is 6.87. The first-order valence-corrected chi connectivity index (χ1v) is 6.95. The van der Waals surface area contributed by atoms with Crippen LogP contribution in [-0.4, -0.2) is 25.2 Å². The molecule has 0 saturated carbocycles. The fourth-order valence-electron chi connectivity index (χ4n) is 1.30. The average Bonchev–Trinajstić information content (AvgIpc) is 2.41. The van der Waals surface area contributed by atoms with Crippen LogP contribution in [0.2, 0.25) is 0 Å². The van der Waals surface area contributed by atoms with Gasteiger partial charge in [-0.15, -0.1) is 0 Å². The van der Waals surface area contributed by atoms with Gasteiger partial charge in [-0.05, 0) is 48.0 Å². The minimum atomic E-state index is -0.818. The van der Waals surface area contributed by atoms with Crippen molar-refractivity contribution in [3.63, 3.8) is 0 Å². The second-order valence-electron chi connectivity index (χ2n) is 3.66. The van der Waals surface area contributed by atoms with E-state index in [9.17, 15) is 14.0 Å². The van der Waals surface area contributed by atoms with Crippen LogP contribution in [0.15, 0.2) is 34.5 Å². The molecule has 0 fully saturated rings. The lowest BCUT2D eigenvalue weighted by Crippen LogP contribution is -2.15. The van der Waals surface area contributed by atoms with Crippen molar-refractivity contribution in [2.45, 2.75) is 13.8 Å². The minimum absolute atomic E-state index is 0.118. The van der Waals surface area contributed by atoms with Gasteiger partial charge in [0, 0.05) is 0 Å². The predicted molar refractivity (Wildman–Crippen MR) is 76.1 cm³/mol. The van der Waals surface area contributed by atoms with Crippen LogP contribution in [0.1, 0.15) is 13.8 Å². The van der Waals surface area contributed by atoms with Gasteiger partial charge in [0.1, 0.15) is 11.6 Å². The molecule has 1 aromatic carbocycles. The van der Waals surface area contributed by atoms with Crippen molar-refractivity contribution in [1.29, 1.82) is 0 Å². The van der Waals surface area contributed by atoms with E-state index in [1.807, 2.05) is 0 Å². The molecule has 7 heteroatoms. The lowest BCUT2D eigenvalue weighted by Gasteiger charge is -2.10. The molecule has 0 aliphatic carbocycles. The quantitative estimate of drug-likeness (QED) is 0.443. The summed E-state index contributed by atoms with van der Waals surface area (Å²) in [5.41, 5.74) is 0. The second kappa shape index (κ2) is 8.41. The van der Waals surface area contributed by atoms with Crippen LogP contribution in [0.5, 0.6) is 5.75 Å². The summed E-state index contributed by atoms with van der Waals surface area (Å²) in [5.74, 6) is -2.20. The molecule has 0 spiro atoms. The molecule has 0 heterocycles. The van der Waals surface area contributed by atoms with Gasteiger partial charge in [-0.2, -0.15) is 0 Å². The van der Waals surface area contributed by atoms with Gasteiger partial charge in [0.25, 0.3) is 0 Å². The first-order chi connectivity index (χ1) is 9.97. The molecule has 0 atom stereocenters. The van der Waals surface area contributed by atoms with Crippen LogP contribution in [0, 0.1) is 5.82 Å². The number of ether oxygens (including phenoxy) is 3. The maximum atomic E-state index is 13.0. The van der Waals surface area contributed by atoms with E-state index in [4.69, 9.17) is 14.2 Å². The topological polar surface area (TPSA) is 61.8 Å². The monoisotopic (exact) mass is 360 g/mol. The van der Waals surface area contributed by atoms with Gasteiger partial charge in [-0.3, -0.25) is 0 Å². The summed E-state index contributed by atoms with van der Waals surface area (Å²) < 4.78 is 28.1. The van der Waals surface area contributed by atoms with E-state index < -0.39 is 17.8 Å². The van der Waals surface area contributed by atoms with Gasteiger partial charge >= 0.3 is 11.9 Å². The molecule has 21 heavy (non-hydrogen) atoms. The average molecular weight is 361 g/mol. The van der Waals surface area contributed by atoms with E-state index >= 15 is 0 Å². The normalized spacial score (nSPS) is 11.0. The summed E-state index contributed by atoms with van der Waals surface area (Å²) in [5, 5.41) is 0. The predicted octanol–water partition coefficient (Wildman–Crippen LogP) is 2.98. The molecule has 0 radical (unpaired) electrons. The van der Waals surface area contributed by atoms with Crippen molar-refractivity contribution in [3.05, 3.63) is 40.3 Å². The third-order valence-electron chi connectivity index (χ3n) is 2.13. The molecule has 0 amide bonds. The molecular weight excluding hydrogens is 347 g/mol. The molecule has 0 bridgehead atoms. The van der Waals surface area contributed by atoms with Gasteiger partial charge in [0.05, 0.1) is 23.8 Å². The Morgan fingerprint density at radius 3 is 2.48 bits per heavy atom. The van der Waals surface area contributed by atoms with Crippen LogP contribution < -0.4 is 4.74 Å². The zero-order valence-electron chi connectivity index (χ0n) is 11.5. The first-order valence-electron chi connectivity index (χ1n) is 6.16. The van der Waals surface area contributed by atoms with Crippen molar-refractivity contribution < 1.29 is 28.2 Å². The Bertz CT molecular complexity index is 556. The van der Waals surface area contributed by atoms with Crippen LogP contribution in [0.3, 0.4) is 0 Å². The fraction of sp³-hybridized carbons (Fsp3) is 0.286. The number of hydrogen-bond donors (Lipinski definition) is 0. The zero-order valence-corrected chi connectivity index (χ0v) is 13.1. The summed E-state index contributed by atoms with van der Waals surface area (Å²) in [6, 6.07) is 3.65. The van der Waals surface area contributed by atoms with E-state index in [1.165, 1.54) is 12.1 Å². The lowest BCUT2D eigenvalue weighted by atomic mass is 10.3. The van der Waals surface area contributed by atoms with Crippen molar-refractivity contribution in [3.8, 4) is 5.75 Å². The highest BCUT2D eigenvalue weighted by Crippen LogP contribution is 2.27. The second-order valence-corrected chi connectivity index (χ2v) is 4.51. The molecule has 0 saturated heterocycles. The summed E-state index contributed by atoms with van der Waals surface area (Å²) in [7, 11) is 0. The van der Waals surface area contributed by atoms with Crippen molar-refractivity contribution in [1.82, 2.24) is 0 Å². The molecular formula is C14H14BrFO5. The first kappa shape index (κ1) is 17.2. The van der Waals surface area contributed by atoms with E-state index in [0.29, 0.717) is 4.47 Å². The van der Waals surface area contributed by atoms with Crippen molar-refractivity contribution >= 4 is 27.9 Å². The van der Waals surface area contributed by atoms with E-state index in [-0.39, 0.29) is 24.7 Å². The largest absolute Gasteiger partial charge is 0.463 e. The molecule has 0 N–H and O–H groups in total.